The van der Waals surface area contributed by atoms with E-state index in [4.69, 9.17) is 18.5 Å². The van der Waals surface area contributed by atoms with Crippen molar-refractivity contribution in [1.82, 2.24) is 0 Å². The van der Waals surface area contributed by atoms with Crippen molar-refractivity contribution in [3.8, 4) is 0 Å². The van der Waals surface area contributed by atoms with E-state index in [1.165, 1.54) is 154 Å². The summed E-state index contributed by atoms with van der Waals surface area (Å²) in [6.07, 6.45) is 56.0. The monoisotopic (exact) mass is 881 g/mol. The number of unbranched alkanes of at least 4 members (excludes halogenated alkanes) is 25. The highest BCUT2D eigenvalue weighted by molar-refractivity contribution is 7.47. The van der Waals surface area contributed by atoms with E-state index in [2.05, 4.69) is 62.5 Å². The second kappa shape index (κ2) is 45.0. The Morgan fingerprint density at radius 3 is 1.34 bits per heavy atom. The lowest BCUT2D eigenvalue weighted by Crippen LogP contribution is -2.37. The standard InChI is InChI=1S/C52H98NO7P/c1-6-8-10-12-14-16-18-20-22-24-25-26-27-28-30-32-34-36-38-40-42-44-47-57-49-51(50-59-61(55,56)58-48-46-53(3,4)5)60-52(54)45-43-41-39-37-35-33-31-29-23-21-19-17-15-13-11-9-7-2/h15,17,21,23,31,33,37,39,51H,6-14,16,18-20,22,24-30,32,34-36,38,40-50H2,1-5H3/p+1/b17-15-,23-21-,33-31-,39-37-/t51-/m1/s1. The van der Waals surface area contributed by atoms with Crippen molar-refractivity contribution >= 4 is 13.8 Å². The summed E-state index contributed by atoms with van der Waals surface area (Å²) >= 11 is 0. The van der Waals surface area contributed by atoms with Crippen molar-refractivity contribution in [2.75, 3.05) is 54.1 Å². The minimum absolute atomic E-state index is 0.0786. The molecule has 0 aromatic carbocycles. The molecule has 0 aliphatic rings. The first-order valence-corrected chi connectivity index (χ1v) is 26.9. The van der Waals surface area contributed by atoms with Gasteiger partial charge in [0.15, 0.2) is 0 Å². The Labute approximate surface area is 378 Å². The number of hydrogen-bond acceptors (Lipinski definition) is 6. The average molecular weight is 881 g/mol. The molecule has 0 rings (SSSR count). The molecule has 358 valence electrons. The van der Waals surface area contributed by atoms with Gasteiger partial charge in [-0.25, -0.2) is 4.57 Å². The molecule has 0 bridgehead atoms. The second-order valence-corrected chi connectivity index (χ2v) is 19.7. The molecule has 0 amide bonds. The zero-order valence-corrected chi connectivity index (χ0v) is 41.5. The first-order chi connectivity index (χ1) is 29.6. The maximum absolute atomic E-state index is 12.7. The van der Waals surface area contributed by atoms with Crippen molar-refractivity contribution in [2.24, 2.45) is 0 Å². The van der Waals surface area contributed by atoms with Crippen molar-refractivity contribution in [3.05, 3.63) is 48.6 Å². The largest absolute Gasteiger partial charge is 0.472 e. The number of likely N-dealkylation sites (N-methyl/N-ethyl adjacent to an activating group) is 1. The number of hydrogen-bond donors (Lipinski definition) is 1. The Bertz CT molecular complexity index is 1120. The van der Waals surface area contributed by atoms with Crippen LogP contribution < -0.4 is 0 Å². The van der Waals surface area contributed by atoms with Crippen LogP contribution >= 0.6 is 7.82 Å². The minimum Gasteiger partial charge on any atom is -0.457 e. The maximum atomic E-state index is 12.7. The quantitative estimate of drug-likeness (QED) is 0.0214. The van der Waals surface area contributed by atoms with Crippen LogP contribution in [0.4, 0.5) is 0 Å². The van der Waals surface area contributed by atoms with Gasteiger partial charge < -0.3 is 18.9 Å². The summed E-state index contributed by atoms with van der Waals surface area (Å²) in [5.74, 6) is -0.365. The summed E-state index contributed by atoms with van der Waals surface area (Å²) in [6, 6.07) is 0. The lowest BCUT2D eigenvalue weighted by Gasteiger charge is -2.24. The van der Waals surface area contributed by atoms with E-state index >= 15 is 0 Å². The lowest BCUT2D eigenvalue weighted by atomic mass is 10.0. The van der Waals surface area contributed by atoms with E-state index in [0.717, 1.165) is 38.5 Å². The van der Waals surface area contributed by atoms with Crippen LogP contribution in [-0.4, -0.2) is 75.6 Å². The Morgan fingerprint density at radius 1 is 0.508 bits per heavy atom. The zero-order valence-electron chi connectivity index (χ0n) is 40.7. The van der Waals surface area contributed by atoms with Crippen LogP contribution in [0, 0.1) is 0 Å². The second-order valence-electron chi connectivity index (χ2n) is 18.2. The number of phosphoric ester groups is 1. The van der Waals surface area contributed by atoms with Gasteiger partial charge in [-0.15, -0.1) is 0 Å². The number of allylic oxidation sites excluding steroid dienone is 8. The summed E-state index contributed by atoms with van der Waals surface area (Å²) < 4.78 is 35.1. The van der Waals surface area contributed by atoms with E-state index in [1.54, 1.807) is 0 Å². The van der Waals surface area contributed by atoms with E-state index in [1.807, 2.05) is 21.1 Å². The number of carbonyl (C=O) groups is 1. The van der Waals surface area contributed by atoms with Crippen LogP contribution in [0.25, 0.3) is 0 Å². The van der Waals surface area contributed by atoms with Gasteiger partial charge in [-0.3, -0.25) is 13.8 Å². The van der Waals surface area contributed by atoms with Gasteiger partial charge >= 0.3 is 13.8 Å². The van der Waals surface area contributed by atoms with Crippen molar-refractivity contribution in [2.45, 2.75) is 225 Å². The van der Waals surface area contributed by atoms with E-state index in [-0.39, 0.29) is 32.2 Å². The Morgan fingerprint density at radius 2 is 0.902 bits per heavy atom. The minimum atomic E-state index is -4.29. The molecule has 0 fully saturated rings. The average Bonchev–Trinajstić information content (AvgIpc) is 3.22. The molecule has 0 spiro atoms. The van der Waals surface area contributed by atoms with Crippen LogP contribution in [0.2, 0.25) is 0 Å². The van der Waals surface area contributed by atoms with Gasteiger partial charge in [0.2, 0.25) is 0 Å². The summed E-state index contributed by atoms with van der Waals surface area (Å²) in [5, 5.41) is 0. The van der Waals surface area contributed by atoms with E-state index in [9.17, 15) is 14.3 Å². The number of rotatable bonds is 47. The number of ether oxygens (including phenoxy) is 2. The molecule has 8 nitrogen and oxygen atoms in total. The molecular formula is C52H99NO7P+. The van der Waals surface area contributed by atoms with Gasteiger partial charge in [0.1, 0.15) is 19.3 Å². The van der Waals surface area contributed by atoms with Gasteiger partial charge in [0, 0.05) is 13.0 Å². The molecule has 9 heteroatoms. The third kappa shape index (κ3) is 49.3. The van der Waals surface area contributed by atoms with Crippen molar-refractivity contribution < 1.29 is 37.3 Å². The van der Waals surface area contributed by atoms with Gasteiger partial charge in [0.05, 0.1) is 34.4 Å². The Hall–Kier alpha value is -1.54. The third-order valence-corrected chi connectivity index (χ3v) is 11.9. The number of phosphoric acid groups is 1. The van der Waals surface area contributed by atoms with E-state index in [0.29, 0.717) is 24.1 Å². The molecular weight excluding hydrogens is 782 g/mol. The molecule has 1 unspecified atom stereocenters. The van der Waals surface area contributed by atoms with Crippen LogP contribution in [-0.2, 0) is 27.9 Å². The Balaban J connectivity index is 4.18. The molecule has 1 N–H and O–H groups in total. The summed E-state index contributed by atoms with van der Waals surface area (Å²) in [4.78, 5) is 22.9. The number of esters is 1. The molecule has 0 heterocycles. The molecule has 61 heavy (non-hydrogen) atoms. The van der Waals surface area contributed by atoms with Crippen LogP contribution in [0.5, 0.6) is 0 Å². The van der Waals surface area contributed by atoms with Crippen LogP contribution in [0.3, 0.4) is 0 Å². The molecule has 0 aliphatic carbocycles. The van der Waals surface area contributed by atoms with Crippen LogP contribution in [0.15, 0.2) is 48.6 Å². The van der Waals surface area contributed by atoms with Crippen molar-refractivity contribution in [1.29, 1.82) is 0 Å². The highest BCUT2D eigenvalue weighted by atomic mass is 31.2. The molecule has 2 atom stereocenters. The topological polar surface area (TPSA) is 91.3 Å². The van der Waals surface area contributed by atoms with Crippen molar-refractivity contribution in [3.63, 3.8) is 0 Å². The fraction of sp³-hybridized carbons (Fsp3) is 0.827. The normalized spacial score (nSPS) is 14.0. The first kappa shape index (κ1) is 59.5. The molecule has 0 radical (unpaired) electrons. The molecule has 0 saturated carbocycles. The Kier molecular flexibility index (Phi) is 43.9. The SMILES string of the molecule is CCCCC/C=C\C/C=C\C/C=C\C/C=C\CCCC(=O)O[C@H](COCCCCCCCCCCCCCCCCCCCCCCCC)COP(=O)(O)OCC[N+](C)(C)C. The molecule has 0 aromatic rings. The third-order valence-electron chi connectivity index (χ3n) is 10.9. The first-order valence-electron chi connectivity index (χ1n) is 25.4. The molecule has 0 aliphatic heterocycles. The number of quaternary nitrogens is 1. The fourth-order valence-electron chi connectivity index (χ4n) is 6.96. The fourth-order valence-corrected chi connectivity index (χ4v) is 7.70. The van der Waals surface area contributed by atoms with Gasteiger partial charge in [-0.05, 0) is 51.4 Å². The molecule has 0 saturated heterocycles. The van der Waals surface area contributed by atoms with Gasteiger partial charge in [-0.2, -0.15) is 0 Å². The van der Waals surface area contributed by atoms with Gasteiger partial charge in [-0.1, -0.05) is 210 Å². The smallest absolute Gasteiger partial charge is 0.457 e. The number of carbonyl (C=O) groups excluding carboxylic acids is 1. The maximum Gasteiger partial charge on any atom is 0.472 e. The zero-order chi connectivity index (χ0) is 44.8. The van der Waals surface area contributed by atoms with E-state index < -0.39 is 13.9 Å². The predicted molar refractivity (Wildman–Crippen MR) is 261 cm³/mol. The lowest BCUT2D eigenvalue weighted by molar-refractivity contribution is -0.870. The predicted octanol–water partition coefficient (Wildman–Crippen LogP) is 15.5. The molecule has 0 aromatic heterocycles. The van der Waals surface area contributed by atoms with Crippen LogP contribution in [0.1, 0.15) is 219 Å². The van der Waals surface area contributed by atoms with Gasteiger partial charge in [0.25, 0.3) is 0 Å². The summed E-state index contributed by atoms with van der Waals surface area (Å²) in [6.45, 7) is 5.55. The highest BCUT2D eigenvalue weighted by Gasteiger charge is 2.26. The summed E-state index contributed by atoms with van der Waals surface area (Å²) in [7, 11) is 1.64. The highest BCUT2D eigenvalue weighted by Crippen LogP contribution is 2.43. The number of nitrogens with zero attached hydrogens (tertiary/aromatic N) is 1. The summed E-state index contributed by atoms with van der Waals surface area (Å²) in [5.41, 5.74) is 0.